The van der Waals surface area contributed by atoms with Gasteiger partial charge in [-0.15, -0.1) is 0 Å². The highest BCUT2D eigenvalue weighted by Gasteiger charge is 2.28. The highest BCUT2D eigenvalue weighted by Crippen LogP contribution is 2.39. The van der Waals surface area contributed by atoms with Gasteiger partial charge in [-0.1, -0.05) is 43.7 Å². The Morgan fingerprint density at radius 1 is 1.20 bits per heavy atom. The van der Waals surface area contributed by atoms with Gasteiger partial charge in [0.05, 0.1) is 0 Å². The first-order valence-corrected chi connectivity index (χ1v) is 6.06. The molecule has 0 saturated heterocycles. The van der Waals surface area contributed by atoms with Gasteiger partial charge in [-0.25, -0.2) is 0 Å². The molecule has 1 aromatic rings. The molecule has 0 aliphatic heterocycles. The molecule has 0 spiro atoms. The molecule has 1 fully saturated rings. The Morgan fingerprint density at radius 3 is 2.60 bits per heavy atom. The van der Waals surface area contributed by atoms with Crippen LogP contribution in [0.25, 0.3) is 0 Å². The van der Waals surface area contributed by atoms with Crippen molar-refractivity contribution in [2.75, 3.05) is 6.54 Å². The summed E-state index contributed by atoms with van der Waals surface area (Å²) < 4.78 is 0. The first-order chi connectivity index (χ1) is 7.31. The molecule has 0 radical (unpaired) electrons. The summed E-state index contributed by atoms with van der Waals surface area (Å²) in [5.41, 5.74) is 7.36. The van der Waals surface area contributed by atoms with Crippen LogP contribution in [0.4, 0.5) is 0 Å². The van der Waals surface area contributed by atoms with Crippen molar-refractivity contribution in [2.45, 2.75) is 32.1 Å². The van der Waals surface area contributed by atoms with Crippen LogP contribution in [-0.4, -0.2) is 6.54 Å². The maximum absolute atomic E-state index is 5.88. The first kappa shape index (κ1) is 10.7. The summed E-state index contributed by atoms with van der Waals surface area (Å²) in [6.45, 7) is 3.20. The van der Waals surface area contributed by atoms with Crippen molar-refractivity contribution in [3.8, 4) is 0 Å². The molecular formula is C14H21N. The van der Waals surface area contributed by atoms with Gasteiger partial charge in [0.25, 0.3) is 0 Å². The minimum absolute atomic E-state index is 0.694. The Bertz CT molecular complexity index is 293. The molecule has 1 nitrogen and oxygen atoms in total. The molecule has 3 atom stereocenters. The van der Waals surface area contributed by atoms with E-state index in [1.807, 2.05) is 0 Å². The van der Waals surface area contributed by atoms with E-state index in [0.29, 0.717) is 11.8 Å². The van der Waals surface area contributed by atoms with Crippen molar-refractivity contribution >= 4 is 0 Å². The monoisotopic (exact) mass is 203 g/mol. The zero-order chi connectivity index (χ0) is 10.7. The number of hydrogen-bond acceptors (Lipinski definition) is 1. The van der Waals surface area contributed by atoms with E-state index < -0.39 is 0 Å². The lowest BCUT2D eigenvalue weighted by molar-refractivity contribution is 0.254. The second-order valence-corrected chi connectivity index (χ2v) is 4.93. The summed E-state index contributed by atoms with van der Waals surface area (Å²) >= 11 is 0. The molecular weight excluding hydrogens is 182 g/mol. The molecule has 1 aliphatic rings. The van der Waals surface area contributed by atoms with Gasteiger partial charge in [0.15, 0.2) is 0 Å². The van der Waals surface area contributed by atoms with Crippen molar-refractivity contribution in [1.29, 1.82) is 0 Å². The molecule has 0 bridgehead atoms. The number of rotatable bonds is 2. The minimum Gasteiger partial charge on any atom is -0.330 e. The summed E-state index contributed by atoms with van der Waals surface area (Å²) in [6, 6.07) is 10.9. The van der Waals surface area contributed by atoms with Crippen LogP contribution < -0.4 is 5.73 Å². The highest BCUT2D eigenvalue weighted by atomic mass is 14.6. The van der Waals surface area contributed by atoms with Gasteiger partial charge in [-0.05, 0) is 42.7 Å². The molecule has 1 heteroatoms. The van der Waals surface area contributed by atoms with E-state index in [-0.39, 0.29) is 0 Å². The third-order valence-electron chi connectivity index (χ3n) is 3.79. The van der Waals surface area contributed by atoms with Crippen LogP contribution >= 0.6 is 0 Å². The molecule has 15 heavy (non-hydrogen) atoms. The second-order valence-electron chi connectivity index (χ2n) is 4.93. The lowest BCUT2D eigenvalue weighted by atomic mass is 9.72. The average molecular weight is 203 g/mol. The van der Waals surface area contributed by atoms with E-state index >= 15 is 0 Å². The average Bonchev–Trinajstić information content (AvgIpc) is 2.30. The summed E-state index contributed by atoms with van der Waals surface area (Å²) in [5.74, 6) is 2.25. The van der Waals surface area contributed by atoms with E-state index in [0.717, 1.165) is 12.5 Å². The van der Waals surface area contributed by atoms with Crippen molar-refractivity contribution in [3.63, 3.8) is 0 Å². The van der Waals surface area contributed by atoms with E-state index in [1.165, 1.54) is 24.8 Å². The smallest absolute Gasteiger partial charge is 0.00430 e. The van der Waals surface area contributed by atoms with E-state index in [2.05, 4.69) is 37.3 Å². The molecule has 1 saturated carbocycles. The molecule has 0 heterocycles. The largest absolute Gasteiger partial charge is 0.330 e. The highest BCUT2D eigenvalue weighted by molar-refractivity contribution is 5.21. The molecule has 2 rings (SSSR count). The Kier molecular flexibility index (Phi) is 3.42. The fourth-order valence-electron chi connectivity index (χ4n) is 2.83. The lowest BCUT2D eigenvalue weighted by Gasteiger charge is -2.34. The predicted molar refractivity (Wildman–Crippen MR) is 64.7 cm³/mol. The van der Waals surface area contributed by atoms with E-state index in [1.54, 1.807) is 0 Å². The van der Waals surface area contributed by atoms with Gasteiger partial charge in [0.1, 0.15) is 0 Å². The second kappa shape index (κ2) is 4.80. The Hall–Kier alpha value is -0.820. The summed E-state index contributed by atoms with van der Waals surface area (Å²) in [5, 5.41) is 0. The summed E-state index contributed by atoms with van der Waals surface area (Å²) in [7, 11) is 0. The topological polar surface area (TPSA) is 26.0 Å². The van der Waals surface area contributed by atoms with Crippen molar-refractivity contribution in [2.24, 2.45) is 17.6 Å². The van der Waals surface area contributed by atoms with E-state index in [9.17, 15) is 0 Å². The van der Waals surface area contributed by atoms with Gasteiger partial charge in [0, 0.05) is 0 Å². The lowest BCUT2D eigenvalue weighted by Crippen LogP contribution is -2.28. The molecule has 2 N–H and O–H groups in total. The summed E-state index contributed by atoms with van der Waals surface area (Å²) in [4.78, 5) is 0. The van der Waals surface area contributed by atoms with Gasteiger partial charge < -0.3 is 5.73 Å². The first-order valence-electron chi connectivity index (χ1n) is 6.06. The zero-order valence-corrected chi connectivity index (χ0v) is 9.52. The maximum Gasteiger partial charge on any atom is -0.00430 e. The fraction of sp³-hybridized carbons (Fsp3) is 0.571. The Balaban J connectivity index is 2.17. The van der Waals surface area contributed by atoms with Gasteiger partial charge in [0.2, 0.25) is 0 Å². The van der Waals surface area contributed by atoms with Crippen LogP contribution in [0.5, 0.6) is 0 Å². The van der Waals surface area contributed by atoms with Crippen molar-refractivity contribution in [3.05, 3.63) is 35.9 Å². The van der Waals surface area contributed by atoms with E-state index in [4.69, 9.17) is 5.73 Å². The summed E-state index contributed by atoms with van der Waals surface area (Å²) in [6.07, 6.45) is 3.97. The number of nitrogens with two attached hydrogens (primary N) is 1. The van der Waals surface area contributed by atoms with Crippen LogP contribution in [0.3, 0.4) is 0 Å². The number of benzene rings is 1. The molecule has 0 amide bonds. The molecule has 82 valence electrons. The zero-order valence-electron chi connectivity index (χ0n) is 9.52. The molecule has 1 aliphatic carbocycles. The normalized spacial score (nSPS) is 31.5. The van der Waals surface area contributed by atoms with Crippen LogP contribution in [-0.2, 0) is 0 Å². The Labute approximate surface area is 92.7 Å². The molecule has 0 aromatic heterocycles. The van der Waals surface area contributed by atoms with Crippen molar-refractivity contribution < 1.29 is 0 Å². The fourth-order valence-corrected chi connectivity index (χ4v) is 2.83. The standard InChI is InChI=1S/C14H21N/c1-11-7-8-13(10-15)14(9-11)12-5-3-2-4-6-12/h2-6,11,13-14H,7-10,15H2,1H3. The van der Waals surface area contributed by atoms with Crippen LogP contribution in [0.1, 0.15) is 37.7 Å². The number of hydrogen-bond donors (Lipinski definition) is 1. The van der Waals surface area contributed by atoms with Crippen LogP contribution in [0, 0.1) is 11.8 Å². The quantitative estimate of drug-likeness (QED) is 0.785. The van der Waals surface area contributed by atoms with Gasteiger partial charge in [-0.3, -0.25) is 0 Å². The SMILES string of the molecule is CC1CCC(CN)C(c2ccccc2)C1. The minimum atomic E-state index is 0.694. The predicted octanol–water partition coefficient (Wildman–Crippen LogP) is 3.17. The third-order valence-corrected chi connectivity index (χ3v) is 3.79. The van der Waals surface area contributed by atoms with Crippen LogP contribution in [0.2, 0.25) is 0 Å². The molecule has 1 aromatic carbocycles. The third kappa shape index (κ3) is 2.40. The van der Waals surface area contributed by atoms with Gasteiger partial charge in [-0.2, -0.15) is 0 Å². The van der Waals surface area contributed by atoms with Crippen LogP contribution in [0.15, 0.2) is 30.3 Å². The van der Waals surface area contributed by atoms with Gasteiger partial charge >= 0.3 is 0 Å². The molecule has 3 unspecified atom stereocenters. The Morgan fingerprint density at radius 2 is 1.93 bits per heavy atom. The van der Waals surface area contributed by atoms with Crippen molar-refractivity contribution in [1.82, 2.24) is 0 Å². The maximum atomic E-state index is 5.88.